The highest BCUT2D eigenvalue weighted by Crippen LogP contribution is 2.25. The molecule has 2 aromatic carbocycles. The zero-order chi connectivity index (χ0) is 21.1. The van der Waals surface area contributed by atoms with Crippen LogP contribution in [0.4, 0.5) is 0 Å². The van der Waals surface area contributed by atoms with E-state index in [4.69, 9.17) is 4.42 Å². The Morgan fingerprint density at radius 1 is 1.13 bits per heavy atom. The molecule has 1 fully saturated rings. The Morgan fingerprint density at radius 3 is 2.60 bits per heavy atom. The molecule has 0 atom stereocenters. The lowest BCUT2D eigenvalue weighted by Gasteiger charge is -2.32. The lowest BCUT2D eigenvalue weighted by molar-refractivity contribution is -0.132. The second kappa shape index (κ2) is 8.74. The Balaban J connectivity index is 1.35. The van der Waals surface area contributed by atoms with Gasteiger partial charge in [0.25, 0.3) is 0 Å². The van der Waals surface area contributed by atoms with E-state index in [9.17, 15) is 14.7 Å². The summed E-state index contributed by atoms with van der Waals surface area (Å²) in [4.78, 5) is 27.1. The molecule has 4 rings (SSSR count). The number of aryl methyl sites for hydroxylation is 1. The fraction of sp³-hybridized carbons (Fsp3) is 0.360. The number of carbonyl (C=O) groups excluding carboxylic acids is 1. The lowest BCUT2D eigenvalue weighted by Crippen LogP contribution is -2.39. The molecule has 0 spiro atoms. The minimum absolute atomic E-state index is 0.0589. The van der Waals surface area contributed by atoms with Crippen LogP contribution in [-0.2, 0) is 17.6 Å². The summed E-state index contributed by atoms with van der Waals surface area (Å²) in [5.41, 5.74) is 2.65. The second-order valence-electron chi connectivity index (χ2n) is 8.19. The summed E-state index contributed by atoms with van der Waals surface area (Å²) in [6.45, 7) is 3.42. The van der Waals surface area contributed by atoms with Crippen LogP contribution < -0.4 is 5.63 Å². The largest absolute Gasteiger partial charge is 0.508 e. The molecule has 1 aromatic heterocycles. The summed E-state index contributed by atoms with van der Waals surface area (Å²) < 4.78 is 5.36. The third-order valence-corrected chi connectivity index (χ3v) is 6.19. The summed E-state index contributed by atoms with van der Waals surface area (Å²) >= 11 is 0. The molecule has 5 heteroatoms. The van der Waals surface area contributed by atoms with Crippen molar-refractivity contribution < 1.29 is 14.3 Å². The van der Waals surface area contributed by atoms with Crippen LogP contribution in [0.3, 0.4) is 0 Å². The van der Waals surface area contributed by atoms with E-state index >= 15 is 0 Å². The van der Waals surface area contributed by atoms with E-state index < -0.39 is 5.63 Å². The molecule has 0 aliphatic carbocycles. The molecule has 0 bridgehead atoms. The number of piperidine rings is 1. The summed E-state index contributed by atoms with van der Waals surface area (Å²) in [6.07, 6.45) is 3.77. The van der Waals surface area contributed by atoms with E-state index in [0.717, 1.165) is 43.3 Å². The fourth-order valence-corrected chi connectivity index (χ4v) is 4.40. The van der Waals surface area contributed by atoms with Gasteiger partial charge in [-0.05, 0) is 61.8 Å². The maximum atomic E-state index is 12.7. The number of rotatable bonds is 5. The number of nitrogens with zero attached hydrogens (tertiary/aromatic N) is 1. The highest BCUT2D eigenvalue weighted by molar-refractivity contribution is 5.82. The number of carbonyl (C=O) groups is 1. The number of aromatic hydroxyl groups is 1. The third kappa shape index (κ3) is 4.40. The normalized spacial score (nSPS) is 14.9. The number of phenols is 1. The van der Waals surface area contributed by atoms with Crippen molar-refractivity contribution >= 4 is 16.9 Å². The molecule has 156 valence electrons. The Labute approximate surface area is 175 Å². The van der Waals surface area contributed by atoms with Gasteiger partial charge in [0.05, 0.1) is 0 Å². The number of likely N-dealkylation sites (tertiary alicyclic amines) is 1. The Kier molecular flexibility index (Phi) is 5.88. The molecule has 1 aliphatic heterocycles. The van der Waals surface area contributed by atoms with Crippen LogP contribution in [0.15, 0.2) is 57.7 Å². The van der Waals surface area contributed by atoms with E-state index in [1.165, 1.54) is 11.6 Å². The van der Waals surface area contributed by atoms with Gasteiger partial charge in [-0.25, -0.2) is 4.79 Å². The van der Waals surface area contributed by atoms with Gasteiger partial charge in [0.1, 0.15) is 11.3 Å². The molecular formula is C25H27NO4. The van der Waals surface area contributed by atoms with Gasteiger partial charge in [-0.15, -0.1) is 0 Å². The van der Waals surface area contributed by atoms with Crippen molar-refractivity contribution in [2.24, 2.45) is 5.92 Å². The van der Waals surface area contributed by atoms with Crippen LogP contribution in [0, 0.1) is 12.8 Å². The first-order valence-electron chi connectivity index (χ1n) is 10.6. The molecular weight excluding hydrogens is 378 g/mol. The molecule has 5 nitrogen and oxygen atoms in total. The van der Waals surface area contributed by atoms with Crippen LogP contribution >= 0.6 is 0 Å². The molecule has 0 radical (unpaired) electrons. The first kappa shape index (κ1) is 20.2. The van der Waals surface area contributed by atoms with Gasteiger partial charge in [0.15, 0.2) is 0 Å². The fourth-order valence-electron chi connectivity index (χ4n) is 4.40. The monoisotopic (exact) mass is 405 g/mol. The molecule has 0 unspecified atom stereocenters. The predicted molar refractivity (Wildman–Crippen MR) is 117 cm³/mol. The number of fused-ring (bicyclic) bond motifs is 1. The molecule has 30 heavy (non-hydrogen) atoms. The number of hydrogen-bond donors (Lipinski definition) is 1. The van der Waals surface area contributed by atoms with Crippen molar-refractivity contribution in [2.75, 3.05) is 13.1 Å². The first-order chi connectivity index (χ1) is 14.5. The highest BCUT2D eigenvalue weighted by Gasteiger charge is 2.23. The van der Waals surface area contributed by atoms with Gasteiger partial charge in [0.2, 0.25) is 5.91 Å². The number of phenolic OH excluding ortho intramolecular Hbond substituents is 1. The topological polar surface area (TPSA) is 70.8 Å². The zero-order valence-electron chi connectivity index (χ0n) is 17.3. The molecule has 0 saturated carbocycles. The van der Waals surface area contributed by atoms with Crippen molar-refractivity contribution in [1.82, 2.24) is 4.90 Å². The molecule has 1 saturated heterocycles. The Morgan fingerprint density at radius 2 is 1.87 bits per heavy atom. The summed E-state index contributed by atoms with van der Waals surface area (Å²) in [7, 11) is 0. The van der Waals surface area contributed by atoms with Crippen LogP contribution in [0.5, 0.6) is 5.75 Å². The third-order valence-electron chi connectivity index (χ3n) is 6.19. The highest BCUT2D eigenvalue weighted by atomic mass is 16.4. The van der Waals surface area contributed by atoms with Crippen molar-refractivity contribution in [3.05, 3.63) is 75.6 Å². The van der Waals surface area contributed by atoms with Crippen LogP contribution in [-0.4, -0.2) is 29.0 Å². The summed E-state index contributed by atoms with van der Waals surface area (Å²) in [5, 5.41) is 10.4. The van der Waals surface area contributed by atoms with Crippen molar-refractivity contribution in [3.8, 4) is 5.75 Å². The standard InChI is InChI=1S/C25H27NO4/c1-17-21-8-7-20(27)16-23(21)30-25(29)22(17)9-10-24(28)26-13-11-19(12-14-26)15-18-5-3-2-4-6-18/h2-8,16,19,27H,9-15H2,1H3. The van der Waals surface area contributed by atoms with Gasteiger partial charge in [0, 0.05) is 36.5 Å². The van der Waals surface area contributed by atoms with Gasteiger partial charge < -0.3 is 14.4 Å². The van der Waals surface area contributed by atoms with Gasteiger partial charge >= 0.3 is 5.63 Å². The summed E-state index contributed by atoms with van der Waals surface area (Å²) in [6, 6.07) is 15.3. The van der Waals surface area contributed by atoms with Gasteiger partial charge in [-0.1, -0.05) is 30.3 Å². The van der Waals surface area contributed by atoms with Crippen molar-refractivity contribution in [3.63, 3.8) is 0 Å². The Hall–Kier alpha value is -3.08. The lowest BCUT2D eigenvalue weighted by atomic mass is 9.90. The van der Waals surface area contributed by atoms with E-state index in [1.54, 1.807) is 12.1 Å². The quantitative estimate of drug-likeness (QED) is 0.645. The van der Waals surface area contributed by atoms with Gasteiger partial charge in [-0.3, -0.25) is 4.79 Å². The minimum Gasteiger partial charge on any atom is -0.508 e. The van der Waals surface area contributed by atoms with Crippen molar-refractivity contribution in [1.29, 1.82) is 0 Å². The number of hydrogen-bond acceptors (Lipinski definition) is 4. The van der Waals surface area contributed by atoms with E-state index in [1.807, 2.05) is 17.9 Å². The maximum absolute atomic E-state index is 12.7. The van der Waals surface area contributed by atoms with Crippen molar-refractivity contribution in [2.45, 2.75) is 39.0 Å². The molecule has 1 aliphatic rings. The van der Waals surface area contributed by atoms with Crippen LogP contribution in [0.25, 0.3) is 11.0 Å². The van der Waals surface area contributed by atoms with Crippen LogP contribution in [0.2, 0.25) is 0 Å². The van der Waals surface area contributed by atoms with E-state index in [2.05, 4.69) is 24.3 Å². The van der Waals surface area contributed by atoms with Gasteiger partial charge in [-0.2, -0.15) is 0 Å². The summed E-state index contributed by atoms with van der Waals surface area (Å²) in [5.74, 6) is 0.768. The molecule has 1 N–H and O–H groups in total. The SMILES string of the molecule is Cc1c(CCC(=O)N2CCC(Cc3ccccc3)CC2)c(=O)oc2cc(O)ccc12. The van der Waals surface area contributed by atoms with E-state index in [-0.39, 0.29) is 11.7 Å². The molecule has 2 heterocycles. The smallest absolute Gasteiger partial charge is 0.339 e. The van der Waals surface area contributed by atoms with E-state index in [0.29, 0.717) is 29.9 Å². The Bertz CT molecular complexity index is 1100. The first-order valence-corrected chi connectivity index (χ1v) is 10.6. The average Bonchev–Trinajstić information content (AvgIpc) is 2.74. The zero-order valence-corrected chi connectivity index (χ0v) is 17.3. The second-order valence-corrected chi connectivity index (χ2v) is 8.19. The van der Waals surface area contributed by atoms with Crippen LogP contribution in [0.1, 0.15) is 36.0 Å². The average molecular weight is 405 g/mol. The molecule has 1 amide bonds. The minimum atomic E-state index is -0.431. The number of amides is 1. The number of benzene rings is 2. The molecule has 3 aromatic rings. The maximum Gasteiger partial charge on any atom is 0.339 e. The predicted octanol–water partition coefficient (Wildman–Crippen LogP) is 4.22.